The Hall–Kier alpha value is -3.20. The fourth-order valence-electron chi connectivity index (χ4n) is 2.85. The van der Waals surface area contributed by atoms with Gasteiger partial charge in [0.1, 0.15) is 6.33 Å². The summed E-state index contributed by atoms with van der Waals surface area (Å²) in [5.74, 6) is -0.228. The highest BCUT2D eigenvalue weighted by atomic mass is 32.2. The molecule has 0 fully saturated rings. The molecule has 0 aliphatic carbocycles. The lowest BCUT2D eigenvalue weighted by Gasteiger charge is -2.22. The smallest absolute Gasteiger partial charge is 0.284 e. The topological polar surface area (TPSA) is 94.2 Å². The maximum Gasteiger partial charge on any atom is 0.284 e. The van der Waals surface area contributed by atoms with E-state index in [1.807, 2.05) is 37.3 Å². The van der Waals surface area contributed by atoms with Crippen molar-refractivity contribution in [1.29, 1.82) is 0 Å². The van der Waals surface area contributed by atoms with Crippen LogP contribution in [-0.2, 0) is 13.6 Å². The van der Waals surface area contributed by atoms with Crippen molar-refractivity contribution in [3.8, 4) is 0 Å². The summed E-state index contributed by atoms with van der Waals surface area (Å²) in [5.41, 5.74) is 1.18. The molecule has 2 aromatic carbocycles. The Morgan fingerprint density at radius 3 is 2.62 bits per heavy atom. The number of hydrogen-bond donors (Lipinski definition) is 0. The number of rotatable bonds is 8. The molecule has 29 heavy (non-hydrogen) atoms. The molecule has 0 N–H and O–H groups in total. The van der Waals surface area contributed by atoms with E-state index in [1.165, 1.54) is 12.4 Å². The van der Waals surface area contributed by atoms with Crippen LogP contribution in [0.2, 0.25) is 0 Å². The van der Waals surface area contributed by atoms with Crippen LogP contribution in [0.5, 0.6) is 0 Å². The lowest BCUT2D eigenvalue weighted by atomic mass is 10.1. The van der Waals surface area contributed by atoms with Crippen LogP contribution in [-0.4, -0.2) is 37.0 Å². The second-order valence-electron chi connectivity index (χ2n) is 6.48. The minimum absolute atomic E-state index is 0.125. The van der Waals surface area contributed by atoms with E-state index in [1.54, 1.807) is 28.6 Å². The van der Waals surface area contributed by atoms with Gasteiger partial charge in [-0.25, -0.2) is 0 Å². The summed E-state index contributed by atoms with van der Waals surface area (Å²) in [7, 11) is 1.76. The van der Waals surface area contributed by atoms with Crippen LogP contribution >= 0.6 is 11.8 Å². The molecule has 3 rings (SSSR count). The largest absolute Gasteiger partial charge is 0.334 e. The number of nitro groups is 1. The number of aromatic nitrogens is 3. The summed E-state index contributed by atoms with van der Waals surface area (Å²) in [6.07, 6.45) is 2.32. The van der Waals surface area contributed by atoms with Crippen molar-refractivity contribution in [3.63, 3.8) is 0 Å². The number of carbonyl (C=O) groups is 1. The van der Waals surface area contributed by atoms with Crippen molar-refractivity contribution in [1.82, 2.24) is 19.7 Å². The summed E-state index contributed by atoms with van der Waals surface area (Å²) in [6, 6.07) is 14.2. The van der Waals surface area contributed by atoms with Crippen molar-refractivity contribution < 1.29 is 9.72 Å². The molecule has 0 aliphatic heterocycles. The number of nitro benzene ring substituents is 1. The number of carbonyl (C=O) groups excluding carboxylic acids is 1. The van der Waals surface area contributed by atoms with E-state index in [0.717, 1.165) is 23.7 Å². The first-order chi connectivity index (χ1) is 14.0. The zero-order valence-electron chi connectivity index (χ0n) is 16.2. The molecule has 0 radical (unpaired) electrons. The Morgan fingerprint density at radius 1 is 1.24 bits per heavy atom. The van der Waals surface area contributed by atoms with Gasteiger partial charge in [-0.05, 0) is 35.9 Å². The SMILES string of the molecule is CCCN(Cc1ccccc1)C(=O)c1ccc(Sc2nncn2C)c([N+](=O)[O-])c1. The van der Waals surface area contributed by atoms with E-state index in [2.05, 4.69) is 10.2 Å². The molecule has 0 unspecified atom stereocenters. The van der Waals surface area contributed by atoms with Gasteiger partial charge in [-0.1, -0.05) is 37.3 Å². The monoisotopic (exact) mass is 411 g/mol. The zero-order valence-corrected chi connectivity index (χ0v) is 17.0. The second-order valence-corrected chi connectivity index (χ2v) is 7.49. The third kappa shape index (κ3) is 5.00. The first-order valence-electron chi connectivity index (χ1n) is 9.13. The second kappa shape index (κ2) is 9.33. The predicted octanol–water partition coefficient (Wildman–Crippen LogP) is 3.93. The van der Waals surface area contributed by atoms with Crippen molar-refractivity contribution >= 4 is 23.4 Å². The van der Waals surface area contributed by atoms with Crippen molar-refractivity contribution in [2.45, 2.75) is 29.9 Å². The molecule has 3 aromatic rings. The quantitative estimate of drug-likeness (QED) is 0.412. The summed E-state index contributed by atoms with van der Waals surface area (Å²) >= 11 is 1.14. The van der Waals surface area contributed by atoms with Gasteiger partial charge in [0, 0.05) is 31.8 Å². The molecule has 0 saturated carbocycles. The van der Waals surface area contributed by atoms with Crippen LogP contribution in [0.3, 0.4) is 0 Å². The van der Waals surface area contributed by atoms with Gasteiger partial charge in [0.15, 0.2) is 5.16 Å². The molecule has 0 atom stereocenters. The average molecular weight is 411 g/mol. The first kappa shape index (κ1) is 20.5. The van der Waals surface area contributed by atoms with Gasteiger partial charge in [0.05, 0.1) is 9.82 Å². The Bertz CT molecular complexity index is 1010. The van der Waals surface area contributed by atoms with Gasteiger partial charge in [-0.3, -0.25) is 14.9 Å². The third-order valence-corrected chi connectivity index (χ3v) is 5.39. The zero-order chi connectivity index (χ0) is 20.8. The molecule has 0 saturated heterocycles. The summed E-state index contributed by atoms with van der Waals surface area (Å²) < 4.78 is 1.68. The van der Waals surface area contributed by atoms with Crippen molar-refractivity contribution in [2.24, 2.45) is 7.05 Å². The highest BCUT2D eigenvalue weighted by Crippen LogP contribution is 2.34. The number of aryl methyl sites for hydroxylation is 1. The predicted molar refractivity (Wildman–Crippen MR) is 110 cm³/mol. The maximum absolute atomic E-state index is 13.1. The lowest BCUT2D eigenvalue weighted by Crippen LogP contribution is -2.31. The van der Waals surface area contributed by atoms with Crippen molar-refractivity contribution in [3.05, 3.63) is 76.1 Å². The molecule has 0 spiro atoms. The number of benzene rings is 2. The average Bonchev–Trinajstić information content (AvgIpc) is 3.12. The molecular weight excluding hydrogens is 390 g/mol. The molecule has 1 amide bonds. The van der Waals surface area contributed by atoms with Gasteiger partial charge < -0.3 is 9.47 Å². The molecule has 150 valence electrons. The van der Waals surface area contributed by atoms with Crippen LogP contribution < -0.4 is 0 Å². The van der Waals surface area contributed by atoms with Gasteiger partial charge >= 0.3 is 0 Å². The number of hydrogen-bond acceptors (Lipinski definition) is 6. The highest BCUT2D eigenvalue weighted by molar-refractivity contribution is 7.99. The third-order valence-electron chi connectivity index (χ3n) is 4.27. The molecule has 1 aromatic heterocycles. The van der Waals surface area contributed by atoms with Crippen LogP contribution in [0.15, 0.2) is 64.9 Å². The van der Waals surface area contributed by atoms with Crippen LogP contribution in [0.4, 0.5) is 5.69 Å². The molecule has 1 heterocycles. The molecule has 0 aliphatic rings. The molecule has 8 nitrogen and oxygen atoms in total. The van der Waals surface area contributed by atoms with E-state index >= 15 is 0 Å². The Labute approximate surface area is 172 Å². The normalized spacial score (nSPS) is 10.7. The minimum atomic E-state index is -0.475. The van der Waals surface area contributed by atoms with Gasteiger partial charge in [0.2, 0.25) is 0 Å². The van der Waals surface area contributed by atoms with Crippen LogP contribution in [0, 0.1) is 10.1 Å². The van der Waals surface area contributed by atoms with Crippen LogP contribution in [0.25, 0.3) is 0 Å². The van der Waals surface area contributed by atoms with E-state index in [9.17, 15) is 14.9 Å². The maximum atomic E-state index is 13.1. The molecule has 0 bridgehead atoms. The highest BCUT2D eigenvalue weighted by Gasteiger charge is 2.22. The molecular formula is C20H21N5O3S. The van der Waals surface area contributed by atoms with E-state index in [-0.39, 0.29) is 11.6 Å². The summed E-state index contributed by atoms with van der Waals surface area (Å²) in [6.45, 7) is 3.02. The van der Waals surface area contributed by atoms with Gasteiger partial charge in [-0.2, -0.15) is 0 Å². The Kier molecular flexibility index (Phi) is 6.61. The van der Waals surface area contributed by atoms with Crippen LogP contribution in [0.1, 0.15) is 29.3 Å². The van der Waals surface area contributed by atoms with E-state index < -0.39 is 4.92 Å². The van der Waals surface area contributed by atoms with E-state index in [0.29, 0.717) is 28.7 Å². The standard InChI is InChI=1S/C20H21N5O3S/c1-3-11-24(13-15-7-5-4-6-8-15)19(26)16-9-10-18(17(12-16)25(27)28)29-20-22-21-14-23(20)2/h4-10,12,14H,3,11,13H2,1-2H3. The summed E-state index contributed by atoms with van der Waals surface area (Å²) in [4.78, 5) is 26.3. The summed E-state index contributed by atoms with van der Waals surface area (Å²) in [5, 5.41) is 19.9. The Balaban J connectivity index is 1.88. The molecule has 9 heteroatoms. The fraction of sp³-hybridized carbons (Fsp3) is 0.250. The van der Waals surface area contributed by atoms with Crippen molar-refractivity contribution in [2.75, 3.05) is 6.54 Å². The fourth-order valence-corrected chi connectivity index (χ4v) is 3.70. The van der Waals surface area contributed by atoms with Gasteiger partial charge in [0.25, 0.3) is 11.6 Å². The number of amides is 1. The minimum Gasteiger partial charge on any atom is -0.334 e. The first-order valence-corrected chi connectivity index (χ1v) is 9.94. The van der Waals surface area contributed by atoms with Gasteiger partial charge in [-0.15, -0.1) is 10.2 Å². The Morgan fingerprint density at radius 2 is 2.00 bits per heavy atom. The van der Waals surface area contributed by atoms with E-state index in [4.69, 9.17) is 0 Å². The lowest BCUT2D eigenvalue weighted by molar-refractivity contribution is -0.387. The number of nitrogens with zero attached hydrogens (tertiary/aromatic N) is 5.